The summed E-state index contributed by atoms with van der Waals surface area (Å²) in [6.07, 6.45) is 5.69. The quantitative estimate of drug-likeness (QED) is 0.791. The number of nitrogens with one attached hydrogen (secondary N) is 1. The highest BCUT2D eigenvalue weighted by atomic mass is 19.4. The van der Waals surface area contributed by atoms with Gasteiger partial charge in [0.15, 0.2) is 11.5 Å². The molecule has 10 heteroatoms. The number of rotatable bonds is 4. The number of aromatic nitrogens is 4. The van der Waals surface area contributed by atoms with Crippen molar-refractivity contribution >= 4 is 11.7 Å². The Morgan fingerprint density at radius 3 is 2.30 bits per heavy atom. The van der Waals surface area contributed by atoms with Crippen LogP contribution < -0.4 is 11.1 Å². The van der Waals surface area contributed by atoms with Gasteiger partial charge in [-0.3, -0.25) is 4.79 Å². The fraction of sp³-hybridized carbons (Fsp3) is 0.600. The zero-order chi connectivity index (χ0) is 21.1. The number of amides is 1. The first-order chi connectivity index (χ1) is 14.2. The van der Waals surface area contributed by atoms with E-state index in [4.69, 9.17) is 5.73 Å². The first-order valence-electron chi connectivity index (χ1n) is 10.2. The summed E-state index contributed by atoms with van der Waals surface area (Å²) < 4.78 is 41.5. The Morgan fingerprint density at radius 2 is 1.77 bits per heavy atom. The minimum atomic E-state index is -4.76. The number of nitrogens with two attached hydrogens (primary N) is 1. The Labute approximate surface area is 171 Å². The summed E-state index contributed by atoms with van der Waals surface area (Å²) in [6, 6.07) is 0. The largest absolute Gasteiger partial charge is 0.435 e. The maximum atomic E-state index is 13.5. The summed E-state index contributed by atoms with van der Waals surface area (Å²) in [5.41, 5.74) is 3.76. The number of hydrogen-bond acceptors (Lipinski definition) is 5. The number of alkyl halides is 3. The monoisotopic (exact) mass is 420 g/mol. The van der Waals surface area contributed by atoms with Crippen LogP contribution in [0.3, 0.4) is 0 Å². The molecule has 2 heterocycles. The number of nitrogen functional groups attached to an aromatic ring is 1. The number of anilines is 1. The lowest BCUT2D eigenvalue weighted by Gasteiger charge is -2.56. The molecule has 0 spiro atoms. The Morgan fingerprint density at radius 1 is 1.13 bits per heavy atom. The van der Waals surface area contributed by atoms with Gasteiger partial charge >= 0.3 is 6.18 Å². The van der Waals surface area contributed by atoms with E-state index in [2.05, 4.69) is 20.4 Å². The summed E-state index contributed by atoms with van der Waals surface area (Å²) in [5, 5.41) is 6.36. The molecule has 0 aromatic carbocycles. The molecular weight excluding hydrogens is 397 g/mol. The SMILES string of the molecule is Nc1cnc(-n2cc(C(=O)NCC34CC5CC(CC(C5)C3)C4)c(C(F)(F)F)n2)cn1. The van der Waals surface area contributed by atoms with Crippen LogP contribution in [0.25, 0.3) is 5.82 Å². The van der Waals surface area contributed by atoms with Crippen molar-refractivity contribution in [2.24, 2.45) is 23.2 Å². The molecule has 3 N–H and O–H groups in total. The summed E-state index contributed by atoms with van der Waals surface area (Å²) in [7, 11) is 0. The van der Waals surface area contributed by atoms with Crippen molar-refractivity contribution in [3.63, 3.8) is 0 Å². The van der Waals surface area contributed by atoms with E-state index in [1.165, 1.54) is 31.7 Å². The number of hydrogen-bond donors (Lipinski definition) is 2. The summed E-state index contributed by atoms with van der Waals surface area (Å²) >= 11 is 0. The molecule has 6 rings (SSSR count). The fourth-order valence-corrected chi connectivity index (χ4v) is 6.19. The van der Waals surface area contributed by atoms with Gasteiger partial charge in [0.05, 0.1) is 18.0 Å². The Balaban J connectivity index is 1.37. The fourth-order valence-electron chi connectivity index (χ4n) is 6.19. The molecule has 0 unspecified atom stereocenters. The Bertz CT molecular complexity index is 933. The van der Waals surface area contributed by atoms with Crippen molar-refractivity contribution in [1.82, 2.24) is 25.1 Å². The highest BCUT2D eigenvalue weighted by Gasteiger charge is 2.51. The van der Waals surface area contributed by atoms with Crippen molar-refractivity contribution in [2.75, 3.05) is 12.3 Å². The van der Waals surface area contributed by atoms with Crippen LogP contribution in [-0.4, -0.2) is 32.2 Å². The molecule has 4 aliphatic carbocycles. The highest BCUT2D eigenvalue weighted by molar-refractivity contribution is 5.95. The first kappa shape index (κ1) is 19.3. The van der Waals surface area contributed by atoms with E-state index in [9.17, 15) is 18.0 Å². The van der Waals surface area contributed by atoms with Gasteiger partial charge in [-0.2, -0.15) is 18.3 Å². The predicted octanol–water partition coefficient (Wildman–Crippen LogP) is 3.21. The standard InChI is InChI=1S/C20H23F3N6O/c21-20(22,23)17-14(9-29(28-17)16-8-25-15(24)7-26-16)18(30)27-10-19-4-11-1-12(5-19)3-13(2-11)6-19/h7-9,11-13H,1-6,10H2,(H2,24,25)(H,27,30). The van der Waals surface area contributed by atoms with Gasteiger partial charge in [0, 0.05) is 12.7 Å². The van der Waals surface area contributed by atoms with Crippen LogP contribution in [0, 0.1) is 23.2 Å². The maximum absolute atomic E-state index is 13.5. The lowest BCUT2D eigenvalue weighted by molar-refractivity contribution is -0.141. The van der Waals surface area contributed by atoms with Crippen LogP contribution in [0.2, 0.25) is 0 Å². The van der Waals surface area contributed by atoms with Crippen molar-refractivity contribution in [3.05, 3.63) is 29.8 Å². The Kier molecular flexibility index (Phi) is 4.30. The van der Waals surface area contributed by atoms with Crippen LogP contribution in [0.4, 0.5) is 19.0 Å². The molecule has 0 radical (unpaired) electrons. The predicted molar refractivity (Wildman–Crippen MR) is 102 cm³/mol. The Hall–Kier alpha value is -2.65. The van der Waals surface area contributed by atoms with E-state index in [1.807, 2.05) is 0 Å². The third-order valence-corrected chi connectivity index (χ3v) is 6.91. The molecule has 4 bridgehead atoms. The number of carbonyl (C=O) groups is 1. The molecule has 0 saturated heterocycles. The molecule has 1 amide bonds. The zero-order valence-corrected chi connectivity index (χ0v) is 16.3. The lowest BCUT2D eigenvalue weighted by atomic mass is 9.49. The average molecular weight is 420 g/mol. The van der Waals surface area contributed by atoms with Crippen molar-refractivity contribution in [1.29, 1.82) is 0 Å². The van der Waals surface area contributed by atoms with E-state index < -0.39 is 23.3 Å². The molecule has 30 heavy (non-hydrogen) atoms. The second kappa shape index (κ2) is 6.68. The van der Waals surface area contributed by atoms with Gasteiger partial charge in [0.25, 0.3) is 5.91 Å². The van der Waals surface area contributed by atoms with Gasteiger partial charge in [-0.15, -0.1) is 0 Å². The number of carbonyl (C=O) groups excluding carboxylic acids is 1. The average Bonchev–Trinajstić information content (AvgIpc) is 3.12. The van der Waals surface area contributed by atoms with Crippen molar-refractivity contribution < 1.29 is 18.0 Å². The summed E-state index contributed by atoms with van der Waals surface area (Å²) in [4.78, 5) is 20.5. The molecule has 0 atom stereocenters. The van der Waals surface area contributed by atoms with Gasteiger partial charge in [0.2, 0.25) is 0 Å². The van der Waals surface area contributed by atoms with E-state index in [1.54, 1.807) is 0 Å². The van der Waals surface area contributed by atoms with E-state index >= 15 is 0 Å². The second-order valence-corrected chi connectivity index (χ2v) is 9.23. The van der Waals surface area contributed by atoms with Crippen LogP contribution in [0.5, 0.6) is 0 Å². The van der Waals surface area contributed by atoms with Crippen LogP contribution in [-0.2, 0) is 6.18 Å². The minimum Gasteiger partial charge on any atom is -0.382 e. The summed E-state index contributed by atoms with van der Waals surface area (Å²) in [5.74, 6) is 1.53. The first-order valence-corrected chi connectivity index (χ1v) is 10.2. The maximum Gasteiger partial charge on any atom is 0.435 e. The van der Waals surface area contributed by atoms with Crippen LogP contribution in [0.15, 0.2) is 18.6 Å². The smallest absolute Gasteiger partial charge is 0.382 e. The normalized spacial score (nSPS) is 29.9. The van der Waals surface area contributed by atoms with Crippen LogP contribution >= 0.6 is 0 Å². The van der Waals surface area contributed by atoms with Gasteiger partial charge in [-0.05, 0) is 61.7 Å². The van der Waals surface area contributed by atoms with Crippen LogP contribution in [0.1, 0.15) is 54.6 Å². The topological polar surface area (TPSA) is 98.7 Å². The van der Waals surface area contributed by atoms with E-state index in [-0.39, 0.29) is 17.1 Å². The van der Waals surface area contributed by atoms with E-state index in [0.717, 1.165) is 30.1 Å². The second-order valence-electron chi connectivity index (χ2n) is 9.23. The lowest BCUT2D eigenvalue weighted by Crippen LogP contribution is -2.51. The number of nitrogens with zero attached hydrogens (tertiary/aromatic N) is 4. The molecule has 7 nitrogen and oxygen atoms in total. The molecule has 160 valence electrons. The van der Waals surface area contributed by atoms with Gasteiger partial charge < -0.3 is 11.1 Å². The minimum absolute atomic E-state index is 0.0290. The van der Waals surface area contributed by atoms with E-state index in [0.29, 0.717) is 24.3 Å². The third kappa shape index (κ3) is 3.41. The van der Waals surface area contributed by atoms with Crippen molar-refractivity contribution in [3.8, 4) is 5.82 Å². The molecular formula is C20H23F3N6O. The molecule has 4 saturated carbocycles. The summed E-state index contributed by atoms with van der Waals surface area (Å²) in [6.45, 7) is 0.416. The molecule has 4 fully saturated rings. The zero-order valence-electron chi connectivity index (χ0n) is 16.3. The van der Waals surface area contributed by atoms with Crippen molar-refractivity contribution in [2.45, 2.75) is 44.7 Å². The van der Waals surface area contributed by atoms with Gasteiger partial charge in [-0.1, -0.05) is 0 Å². The van der Waals surface area contributed by atoms with Gasteiger partial charge in [-0.25, -0.2) is 14.6 Å². The number of halogens is 3. The third-order valence-electron chi connectivity index (χ3n) is 6.91. The molecule has 4 aliphatic rings. The molecule has 2 aromatic rings. The highest BCUT2D eigenvalue weighted by Crippen LogP contribution is 2.59. The van der Waals surface area contributed by atoms with Gasteiger partial charge in [0.1, 0.15) is 5.82 Å². The molecule has 0 aliphatic heterocycles. The molecule has 2 aromatic heterocycles.